The molecule has 0 aliphatic rings. The molecule has 0 unspecified atom stereocenters. The third kappa shape index (κ3) is 2.45. The molecule has 0 amide bonds. The zero-order chi connectivity index (χ0) is 20.7. The van der Waals surface area contributed by atoms with E-state index < -0.39 is 42.5 Å². The summed E-state index contributed by atoms with van der Waals surface area (Å²) in [6, 6.07) is 0. The zero-order valence-corrected chi connectivity index (χ0v) is 10.9. The molecule has 2 aromatic rings. The van der Waals surface area contributed by atoms with E-state index in [0.717, 1.165) is 9.13 Å². The SMILES string of the molecule is [2H]c1[nH]c2c(c1C([2H])([2H])[2H])c(=O)n(CCCCC(=O)C([2H])([2H])[2H])c(=O)n2C. The van der Waals surface area contributed by atoms with Gasteiger partial charge in [0, 0.05) is 34.4 Å². The van der Waals surface area contributed by atoms with Crippen LogP contribution in [0.3, 0.4) is 0 Å². The summed E-state index contributed by atoms with van der Waals surface area (Å²) in [4.78, 5) is 39.0. The van der Waals surface area contributed by atoms with E-state index in [0.29, 0.717) is 0 Å². The van der Waals surface area contributed by atoms with Gasteiger partial charge in [-0.05, 0) is 32.1 Å². The average molecular weight is 284 g/mol. The van der Waals surface area contributed by atoms with E-state index in [1.54, 1.807) is 0 Å². The Morgan fingerprint density at radius 2 is 2.25 bits per heavy atom. The summed E-state index contributed by atoms with van der Waals surface area (Å²) in [5.74, 6) is -0.896. The van der Waals surface area contributed by atoms with E-state index >= 15 is 0 Å². The number of unbranched alkanes of at least 4 members (excludes halogenated alkanes) is 1. The van der Waals surface area contributed by atoms with E-state index in [1.165, 1.54) is 7.05 Å². The van der Waals surface area contributed by atoms with Crippen molar-refractivity contribution in [3.8, 4) is 0 Å². The quantitative estimate of drug-likeness (QED) is 0.835. The van der Waals surface area contributed by atoms with Crippen molar-refractivity contribution >= 4 is 16.8 Å². The number of aryl methyl sites for hydroxylation is 2. The van der Waals surface area contributed by atoms with Gasteiger partial charge in [0.1, 0.15) is 11.4 Å². The number of hydrogen-bond acceptors (Lipinski definition) is 3. The molecule has 0 bridgehead atoms. The number of aromatic nitrogens is 3. The van der Waals surface area contributed by atoms with Gasteiger partial charge < -0.3 is 9.78 Å². The lowest BCUT2D eigenvalue weighted by atomic mass is 10.2. The highest BCUT2D eigenvalue weighted by atomic mass is 16.2. The molecule has 0 spiro atoms. The Kier molecular flexibility index (Phi) is 2.09. The molecule has 0 aliphatic carbocycles. The second kappa shape index (κ2) is 5.48. The van der Waals surface area contributed by atoms with Crippen LogP contribution in [0.4, 0.5) is 0 Å². The molecule has 2 aromatic heterocycles. The minimum atomic E-state index is -2.71. The first-order chi connectivity index (χ1) is 12.3. The van der Waals surface area contributed by atoms with Gasteiger partial charge in [0.15, 0.2) is 0 Å². The first-order valence-electron chi connectivity index (χ1n) is 9.62. The second-order valence-electron chi connectivity index (χ2n) is 4.53. The maximum atomic E-state index is 12.7. The van der Waals surface area contributed by atoms with E-state index in [-0.39, 0.29) is 36.8 Å². The van der Waals surface area contributed by atoms with Crippen molar-refractivity contribution in [1.29, 1.82) is 0 Å². The number of hydrogen-bond donors (Lipinski definition) is 1. The predicted octanol–water partition coefficient (Wildman–Crippen LogP) is 1.10. The molecule has 6 nitrogen and oxygen atoms in total. The van der Waals surface area contributed by atoms with Crippen LogP contribution < -0.4 is 11.2 Å². The molecule has 0 fully saturated rings. The van der Waals surface area contributed by atoms with Gasteiger partial charge in [0.25, 0.3) is 5.56 Å². The molecule has 0 aromatic carbocycles. The van der Waals surface area contributed by atoms with Gasteiger partial charge in [-0.3, -0.25) is 13.9 Å². The fraction of sp³-hybridized carbons (Fsp3) is 0.500. The Bertz CT molecular complexity index is 995. The summed E-state index contributed by atoms with van der Waals surface area (Å²) in [7, 11) is 1.35. The topological polar surface area (TPSA) is 76.9 Å². The zero-order valence-electron chi connectivity index (χ0n) is 17.9. The average Bonchev–Trinajstić information content (AvgIpc) is 2.88. The summed E-state index contributed by atoms with van der Waals surface area (Å²) in [5.41, 5.74) is -2.04. The monoisotopic (exact) mass is 284 g/mol. The van der Waals surface area contributed by atoms with Crippen molar-refractivity contribution in [3.63, 3.8) is 0 Å². The van der Waals surface area contributed by atoms with Gasteiger partial charge in [0.05, 0.1) is 6.76 Å². The van der Waals surface area contributed by atoms with Gasteiger partial charge >= 0.3 is 5.69 Å². The van der Waals surface area contributed by atoms with E-state index in [9.17, 15) is 14.4 Å². The first kappa shape index (κ1) is 7.61. The Balaban J connectivity index is 2.40. The molecule has 2 heterocycles. The largest absolute Gasteiger partial charge is 0.347 e. The van der Waals surface area contributed by atoms with Crippen LogP contribution >= 0.6 is 0 Å². The Morgan fingerprint density at radius 3 is 2.95 bits per heavy atom. The summed E-state index contributed by atoms with van der Waals surface area (Å²) >= 11 is 0. The number of nitrogens with one attached hydrogen (secondary N) is 1. The van der Waals surface area contributed by atoms with E-state index in [4.69, 9.17) is 9.60 Å². The Morgan fingerprint density at radius 1 is 1.45 bits per heavy atom. The molecule has 0 radical (unpaired) electrons. The number of carbonyl (C=O) groups is 1. The molecule has 0 atom stereocenters. The number of aromatic amines is 1. The molecular formula is C14H19N3O3. The van der Waals surface area contributed by atoms with Crippen LogP contribution in [0.15, 0.2) is 15.8 Å². The lowest BCUT2D eigenvalue weighted by Gasteiger charge is -2.08. The van der Waals surface area contributed by atoms with Crippen molar-refractivity contribution < 1.29 is 14.4 Å². The van der Waals surface area contributed by atoms with Crippen molar-refractivity contribution in [2.75, 3.05) is 0 Å². The lowest BCUT2D eigenvalue weighted by Crippen LogP contribution is -2.39. The molecule has 0 aliphatic heterocycles. The third-order valence-corrected chi connectivity index (χ3v) is 3.14. The molecule has 0 saturated carbocycles. The minimum Gasteiger partial charge on any atom is -0.347 e. The van der Waals surface area contributed by atoms with Crippen LogP contribution in [0, 0.1) is 6.85 Å². The van der Waals surface area contributed by atoms with Gasteiger partial charge in [0.2, 0.25) is 0 Å². The second-order valence-corrected chi connectivity index (χ2v) is 4.53. The van der Waals surface area contributed by atoms with Crippen molar-refractivity contribution in [3.05, 3.63) is 32.6 Å². The molecule has 1 N–H and O–H groups in total. The van der Waals surface area contributed by atoms with Gasteiger partial charge in [-0.1, -0.05) is 0 Å². The first-order valence-corrected chi connectivity index (χ1v) is 6.12. The Hall–Kier alpha value is -2.11. The summed E-state index contributed by atoms with van der Waals surface area (Å²) in [6.45, 7) is -5.50. The van der Waals surface area contributed by atoms with Gasteiger partial charge in [-0.2, -0.15) is 0 Å². The highest BCUT2D eigenvalue weighted by Gasteiger charge is 2.13. The van der Waals surface area contributed by atoms with Crippen LogP contribution in [0.2, 0.25) is 0 Å². The number of rotatable bonds is 5. The fourth-order valence-corrected chi connectivity index (χ4v) is 2.08. The maximum absolute atomic E-state index is 12.7. The molecular weight excluding hydrogens is 258 g/mol. The predicted molar refractivity (Wildman–Crippen MR) is 77.1 cm³/mol. The van der Waals surface area contributed by atoms with Crippen molar-refractivity contribution in [1.82, 2.24) is 14.1 Å². The number of H-pyrrole nitrogens is 1. The van der Waals surface area contributed by atoms with Crippen molar-refractivity contribution in [2.24, 2.45) is 7.05 Å². The van der Waals surface area contributed by atoms with Crippen LogP contribution in [0.5, 0.6) is 0 Å². The number of fused-ring (bicyclic) bond motifs is 1. The van der Waals surface area contributed by atoms with E-state index in [1.807, 2.05) is 0 Å². The summed E-state index contributed by atoms with van der Waals surface area (Å²) in [5, 5.41) is -0.249. The minimum absolute atomic E-state index is 0.0463. The number of Topliss-reactive ketones (excluding diaryl/α,β-unsaturated/α-hetero) is 1. The van der Waals surface area contributed by atoms with Crippen molar-refractivity contribution in [2.45, 2.75) is 39.5 Å². The lowest BCUT2D eigenvalue weighted by molar-refractivity contribution is -0.117. The summed E-state index contributed by atoms with van der Waals surface area (Å²) in [6.07, 6.45) is -0.328. The third-order valence-electron chi connectivity index (χ3n) is 3.14. The molecule has 2 rings (SSSR count). The normalized spacial score (nSPS) is 17.6. The summed E-state index contributed by atoms with van der Waals surface area (Å²) < 4.78 is 53.3. The van der Waals surface area contributed by atoms with Crippen LogP contribution in [0.1, 0.15) is 41.3 Å². The van der Waals surface area contributed by atoms with E-state index in [2.05, 4.69) is 4.98 Å². The van der Waals surface area contributed by atoms with Gasteiger partial charge in [-0.25, -0.2) is 4.79 Å². The smallest absolute Gasteiger partial charge is 0.332 e. The molecule has 6 heteroatoms. The molecule has 20 heavy (non-hydrogen) atoms. The highest BCUT2D eigenvalue weighted by Crippen LogP contribution is 2.10. The molecule has 0 saturated heterocycles. The Labute approximate surface area is 125 Å². The fourth-order valence-electron chi connectivity index (χ4n) is 2.08. The number of carbonyl (C=O) groups excluding carboxylic acids is 1. The highest BCUT2D eigenvalue weighted by molar-refractivity contribution is 5.78. The maximum Gasteiger partial charge on any atom is 0.332 e. The number of nitrogens with zero attached hydrogens (tertiary/aromatic N) is 2. The van der Waals surface area contributed by atoms with Crippen LogP contribution in [0.25, 0.3) is 11.0 Å². The number of ketones is 1. The standard InChI is InChI=1S/C14H19N3O3/c1-9-8-15-12-11(9)13(19)17(14(20)16(12)3)7-5-4-6-10(2)18/h8,15H,4-7H2,1-3H3/i1D3,2D3,8D. The molecule has 108 valence electrons. The van der Waals surface area contributed by atoms with Crippen LogP contribution in [-0.2, 0) is 18.4 Å². The van der Waals surface area contributed by atoms with Gasteiger partial charge in [-0.15, -0.1) is 0 Å². The van der Waals surface area contributed by atoms with Crippen LogP contribution in [-0.4, -0.2) is 19.9 Å².